The Morgan fingerprint density at radius 2 is 2.08 bits per heavy atom. The lowest BCUT2D eigenvalue weighted by Gasteiger charge is -2.33. The minimum atomic E-state index is -0.151. The van der Waals surface area contributed by atoms with Crippen LogP contribution in [0.3, 0.4) is 0 Å². The number of aromatic hydroxyl groups is 1. The largest absolute Gasteiger partial charge is 0.508 e. The maximum Gasteiger partial charge on any atom is 0.251 e. The third-order valence-electron chi connectivity index (χ3n) is 4.08. The predicted molar refractivity (Wildman–Crippen MR) is 96.4 cm³/mol. The van der Waals surface area contributed by atoms with E-state index in [9.17, 15) is 9.90 Å². The van der Waals surface area contributed by atoms with E-state index in [1.54, 1.807) is 12.1 Å². The van der Waals surface area contributed by atoms with Crippen LogP contribution in [0.1, 0.15) is 37.0 Å². The standard InChI is InChI=1S/C18H28N4O2/c1-3-19-18(22-12-4-5-14(2)13-22)21-11-10-20-17(24)15-6-8-16(23)9-7-15/h6-9,14,23H,3-5,10-13H2,1-2H3,(H,19,21)(H,20,24). The summed E-state index contributed by atoms with van der Waals surface area (Å²) in [5, 5.41) is 15.4. The van der Waals surface area contributed by atoms with Gasteiger partial charge in [0.15, 0.2) is 5.96 Å². The molecule has 132 valence electrons. The van der Waals surface area contributed by atoms with Crippen molar-refractivity contribution in [3.8, 4) is 5.75 Å². The molecule has 1 unspecified atom stereocenters. The quantitative estimate of drug-likeness (QED) is 0.437. The first-order chi connectivity index (χ1) is 11.6. The lowest BCUT2D eigenvalue weighted by molar-refractivity contribution is 0.0955. The number of likely N-dealkylation sites (tertiary alicyclic amines) is 1. The zero-order valence-electron chi connectivity index (χ0n) is 14.6. The molecule has 0 spiro atoms. The van der Waals surface area contributed by atoms with Gasteiger partial charge in [-0.2, -0.15) is 0 Å². The number of hydrogen-bond acceptors (Lipinski definition) is 3. The highest BCUT2D eigenvalue weighted by atomic mass is 16.3. The van der Waals surface area contributed by atoms with E-state index in [2.05, 4.69) is 34.4 Å². The number of nitrogens with one attached hydrogen (secondary N) is 2. The average Bonchev–Trinajstić information content (AvgIpc) is 2.58. The number of nitrogens with zero attached hydrogens (tertiary/aromatic N) is 2. The molecule has 6 heteroatoms. The van der Waals surface area contributed by atoms with Crippen molar-refractivity contribution in [1.29, 1.82) is 0 Å². The van der Waals surface area contributed by atoms with Gasteiger partial charge in [0.2, 0.25) is 0 Å². The normalized spacial score (nSPS) is 18.3. The van der Waals surface area contributed by atoms with Gasteiger partial charge in [0.1, 0.15) is 5.75 Å². The van der Waals surface area contributed by atoms with Gasteiger partial charge in [0, 0.05) is 31.7 Å². The Balaban J connectivity index is 1.83. The van der Waals surface area contributed by atoms with Gasteiger partial charge in [-0.3, -0.25) is 9.79 Å². The number of phenolic OH excluding ortho intramolecular Hbond substituents is 1. The molecule has 1 saturated heterocycles. The number of guanidine groups is 1. The van der Waals surface area contributed by atoms with Crippen LogP contribution in [-0.2, 0) is 0 Å². The number of aliphatic imine (C=N–C) groups is 1. The first kappa shape index (κ1) is 18.1. The molecule has 0 saturated carbocycles. The summed E-state index contributed by atoms with van der Waals surface area (Å²) in [6.45, 7) is 8.27. The number of carbonyl (C=O) groups is 1. The maximum absolute atomic E-state index is 12.0. The lowest BCUT2D eigenvalue weighted by atomic mass is 10.0. The summed E-state index contributed by atoms with van der Waals surface area (Å²) in [7, 11) is 0. The summed E-state index contributed by atoms with van der Waals surface area (Å²) < 4.78 is 0. The van der Waals surface area contributed by atoms with E-state index in [1.165, 1.54) is 25.0 Å². The molecule has 0 bridgehead atoms. The van der Waals surface area contributed by atoms with Gasteiger partial charge in [0.25, 0.3) is 5.91 Å². The molecule has 1 heterocycles. The van der Waals surface area contributed by atoms with E-state index < -0.39 is 0 Å². The minimum Gasteiger partial charge on any atom is -0.508 e. The smallest absolute Gasteiger partial charge is 0.251 e. The Kier molecular flexibility index (Phi) is 6.90. The van der Waals surface area contributed by atoms with Crippen LogP contribution >= 0.6 is 0 Å². The number of phenols is 1. The van der Waals surface area contributed by atoms with E-state index in [0.717, 1.165) is 25.6 Å². The van der Waals surface area contributed by atoms with E-state index in [4.69, 9.17) is 0 Å². The van der Waals surface area contributed by atoms with Crippen LogP contribution in [0.5, 0.6) is 5.75 Å². The molecule has 2 rings (SSSR count). The van der Waals surface area contributed by atoms with E-state index >= 15 is 0 Å². The molecule has 0 radical (unpaired) electrons. The van der Waals surface area contributed by atoms with Crippen LogP contribution in [0.4, 0.5) is 0 Å². The van der Waals surface area contributed by atoms with Crippen molar-refractivity contribution in [1.82, 2.24) is 15.5 Å². The predicted octanol–water partition coefficient (Wildman–Crippen LogP) is 1.82. The molecule has 1 atom stereocenters. The molecule has 6 nitrogen and oxygen atoms in total. The zero-order chi connectivity index (χ0) is 17.4. The van der Waals surface area contributed by atoms with Crippen molar-refractivity contribution in [3.63, 3.8) is 0 Å². The molecule has 0 aliphatic carbocycles. The second-order valence-electron chi connectivity index (χ2n) is 6.23. The number of piperidine rings is 1. The van der Waals surface area contributed by atoms with Crippen molar-refractivity contribution in [2.24, 2.45) is 10.9 Å². The second-order valence-corrected chi connectivity index (χ2v) is 6.23. The van der Waals surface area contributed by atoms with Crippen molar-refractivity contribution in [2.75, 3.05) is 32.7 Å². The molecular weight excluding hydrogens is 304 g/mol. The molecule has 1 amide bonds. The number of benzene rings is 1. The van der Waals surface area contributed by atoms with Crippen LogP contribution in [0.2, 0.25) is 0 Å². The number of hydrogen-bond donors (Lipinski definition) is 3. The summed E-state index contributed by atoms with van der Waals surface area (Å²) in [6.07, 6.45) is 2.47. The molecule has 24 heavy (non-hydrogen) atoms. The molecule has 1 aromatic rings. The summed E-state index contributed by atoms with van der Waals surface area (Å²) in [6, 6.07) is 6.22. The highest BCUT2D eigenvalue weighted by Gasteiger charge is 2.18. The van der Waals surface area contributed by atoms with E-state index in [1.807, 2.05) is 0 Å². The van der Waals surface area contributed by atoms with Crippen molar-refractivity contribution >= 4 is 11.9 Å². The van der Waals surface area contributed by atoms with Crippen LogP contribution in [0.25, 0.3) is 0 Å². The third-order valence-corrected chi connectivity index (χ3v) is 4.08. The van der Waals surface area contributed by atoms with Gasteiger partial charge >= 0.3 is 0 Å². The second kappa shape index (κ2) is 9.15. The average molecular weight is 332 g/mol. The van der Waals surface area contributed by atoms with Crippen molar-refractivity contribution in [2.45, 2.75) is 26.7 Å². The fourth-order valence-corrected chi connectivity index (χ4v) is 2.85. The van der Waals surface area contributed by atoms with Gasteiger partial charge < -0.3 is 20.6 Å². The molecule has 1 fully saturated rings. The minimum absolute atomic E-state index is 0.151. The molecule has 1 aromatic carbocycles. The van der Waals surface area contributed by atoms with Gasteiger partial charge in [-0.1, -0.05) is 6.92 Å². The summed E-state index contributed by atoms with van der Waals surface area (Å²) in [4.78, 5) is 18.9. The highest BCUT2D eigenvalue weighted by Crippen LogP contribution is 2.15. The third kappa shape index (κ3) is 5.44. The SMILES string of the molecule is CCNC(=NCCNC(=O)c1ccc(O)cc1)N1CCCC(C)C1. The fourth-order valence-electron chi connectivity index (χ4n) is 2.85. The van der Waals surface area contributed by atoms with Gasteiger partial charge in [-0.25, -0.2) is 0 Å². The number of carbonyl (C=O) groups excluding carboxylic acids is 1. The Labute approximate surface area is 144 Å². The van der Waals surface area contributed by atoms with Crippen LogP contribution < -0.4 is 10.6 Å². The molecule has 0 aromatic heterocycles. The summed E-state index contributed by atoms with van der Waals surface area (Å²) >= 11 is 0. The summed E-state index contributed by atoms with van der Waals surface area (Å²) in [5.74, 6) is 1.63. The Morgan fingerprint density at radius 3 is 2.75 bits per heavy atom. The summed E-state index contributed by atoms with van der Waals surface area (Å²) in [5.41, 5.74) is 0.536. The zero-order valence-corrected chi connectivity index (χ0v) is 14.6. The first-order valence-electron chi connectivity index (χ1n) is 8.70. The fraction of sp³-hybridized carbons (Fsp3) is 0.556. The molecule has 1 aliphatic heterocycles. The van der Waals surface area contributed by atoms with Crippen molar-refractivity contribution < 1.29 is 9.90 Å². The van der Waals surface area contributed by atoms with Crippen molar-refractivity contribution in [3.05, 3.63) is 29.8 Å². The Morgan fingerprint density at radius 1 is 1.33 bits per heavy atom. The molecular formula is C18H28N4O2. The van der Waals surface area contributed by atoms with Crippen LogP contribution in [0.15, 0.2) is 29.3 Å². The topological polar surface area (TPSA) is 77.0 Å². The first-order valence-corrected chi connectivity index (χ1v) is 8.70. The van der Waals surface area contributed by atoms with Gasteiger partial charge in [0.05, 0.1) is 6.54 Å². The highest BCUT2D eigenvalue weighted by molar-refractivity contribution is 5.94. The molecule has 1 aliphatic rings. The van der Waals surface area contributed by atoms with Crippen LogP contribution in [0, 0.1) is 5.92 Å². The van der Waals surface area contributed by atoms with E-state index in [0.29, 0.717) is 24.6 Å². The van der Waals surface area contributed by atoms with E-state index in [-0.39, 0.29) is 11.7 Å². The van der Waals surface area contributed by atoms with Crippen LogP contribution in [-0.4, -0.2) is 54.6 Å². The molecule has 3 N–H and O–H groups in total. The Bertz CT molecular complexity index is 557. The number of rotatable bonds is 5. The monoisotopic (exact) mass is 332 g/mol. The van der Waals surface area contributed by atoms with Gasteiger partial charge in [-0.05, 0) is 49.9 Å². The maximum atomic E-state index is 12.0. The van der Waals surface area contributed by atoms with Gasteiger partial charge in [-0.15, -0.1) is 0 Å². The number of amides is 1. The Hall–Kier alpha value is -2.24. The lowest BCUT2D eigenvalue weighted by Crippen LogP contribution is -2.46.